The maximum atomic E-state index is 13.0. The summed E-state index contributed by atoms with van der Waals surface area (Å²) in [5.41, 5.74) is 4.65. The van der Waals surface area contributed by atoms with Crippen LogP contribution < -0.4 is 19.9 Å². The smallest absolute Gasteiger partial charge is 0.251 e. The third kappa shape index (κ3) is 5.90. The fourth-order valence-electron chi connectivity index (χ4n) is 5.48. The molecule has 0 spiro atoms. The van der Waals surface area contributed by atoms with E-state index in [9.17, 15) is 4.79 Å². The van der Waals surface area contributed by atoms with Crippen LogP contribution in [-0.2, 0) is 6.42 Å². The zero-order valence-electron chi connectivity index (χ0n) is 23.8. The second-order valence-electron chi connectivity index (χ2n) is 10.4. The average Bonchev–Trinajstić information content (AvgIpc) is 3.50. The maximum Gasteiger partial charge on any atom is 0.251 e. The van der Waals surface area contributed by atoms with Gasteiger partial charge in [0.05, 0.1) is 30.1 Å². The topological polar surface area (TPSA) is 88.4 Å². The number of carbonyl (C=O) groups excluding carboxylic acids is 1. The lowest BCUT2D eigenvalue weighted by Gasteiger charge is -2.37. The third-order valence-electron chi connectivity index (χ3n) is 7.73. The number of aryl methyl sites for hydroxylation is 1. The van der Waals surface area contributed by atoms with Gasteiger partial charge in [-0.25, -0.2) is 14.6 Å². The minimum Gasteiger partial charge on any atom is -0.495 e. The van der Waals surface area contributed by atoms with Gasteiger partial charge in [0, 0.05) is 38.3 Å². The van der Waals surface area contributed by atoms with Crippen LogP contribution in [0.5, 0.6) is 5.75 Å². The lowest BCUT2D eigenvalue weighted by atomic mass is 10.1. The molecule has 5 aromatic rings. The second-order valence-corrected chi connectivity index (χ2v) is 10.4. The number of unbranched alkanes of at least 4 members (excludes halogenated alkanes) is 1. The van der Waals surface area contributed by atoms with Crippen molar-refractivity contribution in [3.8, 4) is 11.4 Å². The molecular weight excluding hydrogens is 526 g/mol. The van der Waals surface area contributed by atoms with Crippen molar-refractivity contribution in [1.29, 1.82) is 0 Å². The van der Waals surface area contributed by atoms with Crippen LogP contribution >= 0.6 is 0 Å². The largest absolute Gasteiger partial charge is 0.495 e. The Kier molecular flexibility index (Phi) is 8.26. The van der Waals surface area contributed by atoms with Crippen LogP contribution in [0.4, 0.5) is 11.5 Å². The van der Waals surface area contributed by atoms with E-state index in [1.807, 2.05) is 65.5 Å². The van der Waals surface area contributed by atoms with Crippen LogP contribution in [0, 0.1) is 0 Å². The number of hydrogen-bond acceptors (Lipinski definition) is 7. The van der Waals surface area contributed by atoms with Gasteiger partial charge in [-0.2, -0.15) is 5.10 Å². The summed E-state index contributed by atoms with van der Waals surface area (Å²) in [5.74, 6) is 1.58. The summed E-state index contributed by atoms with van der Waals surface area (Å²) in [7, 11) is 1.67. The summed E-state index contributed by atoms with van der Waals surface area (Å²) in [6.45, 7) is 3.71. The lowest BCUT2D eigenvalue weighted by molar-refractivity contribution is 0.0953. The first-order chi connectivity index (χ1) is 20.7. The van der Waals surface area contributed by atoms with E-state index in [1.165, 1.54) is 5.56 Å². The predicted octanol–water partition coefficient (Wildman–Crippen LogP) is 4.90. The summed E-state index contributed by atoms with van der Waals surface area (Å²) in [5, 5.41) is 8.61. The highest BCUT2D eigenvalue weighted by molar-refractivity contribution is 5.95. The third-order valence-corrected chi connectivity index (χ3v) is 7.73. The van der Waals surface area contributed by atoms with Crippen LogP contribution in [0.3, 0.4) is 0 Å². The lowest BCUT2D eigenvalue weighted by Crippen LogP contribution is -2.47. The summed E-state index contributed by atoms with van der Waals surface area (Å²) in [4.78, 5) is 26.7. The quantitative estimate of drug-likeness (QED) is 0.243. The van der Waals surface area contributed by atoms with Crippen LogP contribution in [0.2, 0.25) is 0 Å². The number of hydrogen-bond donors (Lipinski definition) is 1. The molecule has 1 aliphatic rings. The Morgan fingerprint density at radius 2 is 1.62 bits per heavy atom. The molecule has 1 fully saturated rings. The molecule has 6 rings (SSSR count). The molecular formula is C33H35N7O2. The predicted molar refractivity (Wildman–Crippen MR) is 166 cm³/mol. The van der Waals surface area contributed by atoms with E-state index in [2.05, 4.69) is 54.4 Å². The monoisotopic (exact) mass is 561 g/mol. The summed E-state index contributed by atoms with van der Waals surface area (Å²) in [6.07, 6.45) is 6.44. The number of aromatic nitrogens is 4. The fourth-order valence-corrected chi connectivity index (χ4v) is 5.48. The number of carbonyl (C=O) groups is 1. The Morgan fingerprint density at radius 1 is 0.881 bits per heavy atom. The molecule has 1 saturated heterocycles. The van der Waals surface area contributed by atoms with E-state index in [1.54, 1.807) is 13.4 Å². The summed E-state index contributed by atoms with van der Waals surface area (Å²) in [6, 6.07) is 26.1. The highest BCUT2D eigenvalue weighted by Gasteiger charge is 2.24. The first-order valence-corrected chi connectivity index (χ1v) is 14.5. The molecule has 0 atom stereocenters. The number of benzene rings is 3. The number of anilines is 2. The molecule has 2 aromatic heterocycles. The van der Waals surface area contributed by atoms with Crippen molar-refractivity contribution < 1.29 is 9.53 Å². The average molecular weight is 562 g/mol. The van der Waals surface area contributed by atoms with Crippen molar-refractivity contribution >= 4 is 28.4 Å². The van der Waals surface area contributed by atoms with Gasteiger partial charge in [-0.3, -0.25) is 4.79 Å². The van der Waals surface area contributed by atoms with Gasteiger partial charge in [0.1, 0.15) is 17.9 Å². The van der Waals surface area contributed by atoms with Crippen LogP contribution in [0.25, 0.3) is 16.7 Å². The van der Waals surface area contributed by atoms with E-state index in [-0.39, 0.29) is 5.91 Å². The van der Waals surface area contributed by atoms with Gasteiger partial charge in [-0.05, 0) is 55.2 Å². The van der Waals surface area contributed by atoms with Crippen molar-refractivity contribution in [1.82, 2.24) is 25.1 Å². The number of amides is 1. The molecule has 1 aliphatic heterocycles. The van der Waals surface area contributed by atoms with Crippen molar-refractivity contribution in [2.24, 2.45) is 0 Å². The van der Waals surface area contributed by atoms with Gasteiger partial charge in [-0.1, -0.05) is 48.5 Å². The van der Waals surface area contributed by atoms with E-state index in [4.69, 9.17) is 4.74 Å². The Balaban J connectivity index is 1.09. The zero-order valence-corrected chi connectivity index (χ0v) is 23.8. The van der Waals surface area contributed by atoms with Gasteiger partial charge < -0.3 is 19.9 Å². The number of fused-ring (bicyclic) bond motifs is 1. The van der Waals surface area contributed by atoms with Crippen molar-refractivity contribution in [2.45, 2.75) is 19.3 Å². The number of nitrogens with one attached hydrogen (secondary N) is 1. The van der Waals surface area contributed by atoms with E-state index in [0.29, 0.717) is 12.1 Å². The van der Waals surface area contributed by atoms with Crippen LogP contribution in [-0.4, -0.2) is 65.5 Å². The van der Waals surface area contributed by atoms with Gasteiger partial charge in [0.25, 0.3) is 5.91 Å². The molecule has 3 heterocycles. The number of ether oxygens (including phenoxy) is 1. The number of nitrogens with zero attached hydrogens (tertiary/aromatic N) is 6. The fraction of sp³-hybridized carbons (Fsp3) is 0.273. The molecule has 0 bridgehead atoms. The molecule has 214 valence electrons. The first kappa shape index (κ1) is 27.3. The SMILES string of the molecule is COc1ccc(C(=O)NCCCCc2ccccc2)cc1N1CCN(c2ncnc3c2cnn3-c2ccccc2)CC1. The zero-order chi connectivity index (χ0) is 28.7. The Bertz CT molecular complexity index is 1630. The summed E-state index contributed by atoms with van der Waals surface area (Å²) < 4.78 is 7.53. The molecule has 9 nitrogen and oxygen atoms in total. The molecule has 3 aromatic carbocycles. The first-order valence-electron chi connectivity index (χ1n) is 14.5. The molecule has 0 aliphatic carbocycles. The normalized spacial score (nSPS) is 13.4. The van der Waals surface area contributed by atoms with Crippen LogP contribution in [0.1, 0.15) is 28.8 Å². The van der Waals surface area contributed by atoms with Crippen LogP contribution in [0.15, 0.2) is 91.4 Å². The van der Waals surface area contributed by atoms with Gasteiger partial charge in [-0.15, -0.1) is 0 Å². The summed E-state index contributed by atoms with van der Waals surface area (Å²) >= 11 is 0. The Morgan fingerprint density at radius 3 is 2.38 bits per heavy atom. The highest BCUT2D eigenvalue weighted by Crippen LogP contribution is 2.32. The van der Waals surface area contributed by atoms with Gasteiger partial charge in [0.2, 0.25) is 0 Å². The Hall–Kier alpha value is -4.92. The van der Waals surface area contributed by atoms with Crippen molar-refractivity contribution in [3.05, 3.63) is 103 Å². The van der Waals surface area contributed by atoms with Crippen molar-refractivity contribution in [3.63, 3.8) is 0 Å². The molecule has 0 radical (unpaired) electrons. The minimum atomic E-state index is -0.0592. The molecule has 1 amide bonds. The maximum absolute atomic E-state index is 13.0. The second kappa shape index (κ2) is 12.7. The molecule has 0 saturated carbocycles. The van der Waals surface area contributed by atoms with E-state index in [0.717, 1.165) is 79.4 Å². The Labute approximate surface area is 245 Å². The number of piperazine rings is 1. The number of methoxy groups -OCH3 is 1. The van der Waals surface area contributed by atoms with Gasteiger partial charge in [0.15, 0.2) is 5.65 Å². The molecule has 0 unspecified atom stereocenters. The standard InChI is InChI=1S/C33H35N7O2/c1-42-30-16-15-26(33(41)34-17-9-8-12-25-10-4-2-5-11-25)22-29(30)38-18-20-39(21-19-38)31-28-23-37-40(32(28)36-24-35-31)27-13-6-3-7-14-27/h2-7,10-11,13-16,22-24H,8-9,12,17-21H2,1H3,(H,34,41). The van der Waals surface area contributed by atoms with E-state index < -0.39 is 0 Å². The van der Waals surface area contributed by atoms with Gasteiger partial charge >= 0.3 is 0 Å². The van der Waals surface area contributed by atoms with E-state index >= 15 is 0 Å². The van der Waals surface area contributed by atoms with Crippen molar-refractivity contribution in [2.75, 3.05) is 49.6 Å². The number of para-hydroxylation sites is 1. The molecule has 9 heteroatoms. The minimum absolute atomic E-state index is 0.0592. The molecule has 42 heavy (non-hydrogen) atoms. The number of rotatable bonds is 10. The highest BCUT2D eigenvalue weighted by atomic mass is 16.5. The molecule has 1 N–H and O–H groups in total.